The molecule has 0 aromatic heterocycles. The van der Waals surface area contributed by atoms with E-state index >= 15 is 0 Å². The predicted molar refractivity (Wildman–Crippen MR) is 108 cm³/mol. The van der Waals surface area contributed by atoms with Crippen LogP contribution in [0.1, 0.15) is 0 Å². The van der Waals surface area contributed by atoms with Crippen molar-refractivity contribution in [2.75, 3.05) is 0 Å². The highest BCUT2D eigenvalue weighted by molar-refractivity contribution is 9.10. The summed E-state index contributed by atoms with van der Waals surface area (Å²) < 4.78 is 44.2. The van der Waals surface area contributed by atoms with Crippen LogP contribution in [0.3, 0.4) is 0 Å². The van der Waals surface area contributed by atoms with E-state index in [2.05, 4.69) is 31.9 Å². The Morgan fingerprint density at radius 3 is 1.73 bits per heavy atom. The maximum Gasteiger partial charge on any atom is 0.270 e. The zero-order chi connectivity index (χ0) is 22.4. The number of hydrogen-bond donors (Lipinski definition) is 0. The van der Waals surface area contributed by atoms with Crippen LogP contribution < -0.4 is 4.74 Å². The van der Waals surface area contributed by atoms with Crippen molar-refractivity contribution in [2.45, 2.75) is 0 Å². The van der Waals surface area contributed by atoms with Crippen molar-refractivity contribution in [3.05, 3.63) is 101 Å². The molecule has 0 heterocycles. The normalized spacial score (nSPS) is 10.0. The minimum absolute atomic E-state index is 0.103. The van der Waals surface area contributed by atoms with Crippen LogP contribution in [-0.2, 0) is 0 Å². The fourth-order valence-electron chi connectivity index (χ4n) is 1.96. The molecule has 0 N–H and O–H groups in total. The van der Waals surface area contributed by atoms with Crippen LogP contribution in [0.2, 0.25) is 0 Å². The van der Waals surface area contributed by atoms with E-state index < -0.39 is 27.3 Å². The molecule has 30 heavy (non-hydrogen) atoms. The van der Waals surface area contributed by atoms with Crippen LogP contribution >= 0.6 is 31.9 Å². The predicted octanol–water partition coefficient (Wildman–Crippen LogP) is 6.92. The summed E-state index contributed by atoms with van der Waals surface area (Å²) in [5.41, 5.74) is -0.253. The van der Waals surface area contributed by atoms with E-state index in [0.717, 1.165) is 30.3 Å². The Bertz CT molecular complexity index is 1120. The third-order valence-corrected chi connectivity index (χ3v) is 4.58. The van der Waals surface area contributed by atoms with Crippen molar-refractivity contribution in [3.63, 3.8) is 0 Å². The first-order valence-corrected chi connectivity index (χ1v) is 9.33. The lowest BCUT2D eigenvalue weighted by Crippen LogP contribution is -1.92. The Morgan fingerprint density at radius 1 is 0.700 bits per heavy atom. The number of hydrogen-bond acceptors (Lipinski definition) is 5. The van der Waals surface area contributed by atoms with Gasteiger partial charge < -0.3 is 4.74 Å². The molecule has 156 valence electrons. The molecule has 0 radical (unpaired) electrons. The number of halogens is 5. The highest BCUT2D eigenvalue weighted by Gasteiger charge is 2.13. The second-order valence-corrected chi connectivity index (χ2v) is 7.11. The minimum Gasteiger partial charge on any atom is -0.453 e. The maximum absolute atomic E-state index is 13.4. The molecule has 0 unspecified atom stereocenters. The Kier molecular flexibility index (Phi) is 7.89. The van der Waals surface area contributed by atoms with Crippen LogP contribution in [0.5, 0.6) is 11.5 Å². The molecule has 3 aromatic carbocycles. The van der Waals surface area contributed by atoms with Gasteiger partial charge in [0.25, 0.3) is 11.4 Å². The molecule has 0 aliphatic rings. The average Bonchev–Trinajstić information content (AvgIpc) is 2.67. The molecule has 12 heteroatoms. The van der Waals surface area contributed by atoms with Crippen LogP contribution in [0.4, 0.5) is 24.5 Å². The first-order valence-electron chi connectivity index (χ1n) is 7.74. The van der Waals surface area contributed by atoms with E-state index in [1.165, 1.54) is 18.2 Å². The van der Waals surface area contributed by atoms with E-state index in [-0.39, 0.29) is 27.3 Å². The fourth-order valence-corrected chi connectivity index (χ4v) is 2.78. The van der Waals surface area contributed by atoms with Gasteiger partial charge in [-0.25, -0.2) is 13.2 Å². The SMILES string of the molecule is O=[N+]([O-])c1ccc(F)c(Br)c1.O=[N+]([O-])c1ccc(Oc2ccc(F)cc2F)c(Br)c1. The Morgan fingerprint density at radius 2 is 1.23 bits per heavy atom. The van der Waals surface area contributed by atoms with Crippen molar-refractivity contribution in [1.82, 2.24) is 0 Å². The highest BCUT2D eigenvalue weighted by atomic mass is 79.9. The highest BCUT2D eigenvalue weighted by Crippen LogP contribution is 2.33. The van der Waals surface area contributed by atoms with Gasteiger partial charge >= 0.3 is 0 Å². The van der Waals surface area contributed by atoms with Gasteiger partial charge in [0.1, 0.15) is 17.4 Å². The summed E-state index contributed by atoms with van der Waals surface area (Å²) in [6.07, 6.45) is 0. The van der Waals surface area contributed by atoms with Gasteiger partial charge in [-0.1, -0.05) is 0 Å². The molecule has 0 atom stereocenters. The van der Waals surface area contributed by atoms with E-state index in [4.69, 9.17) is 4.74 Å². The van der Waals surface area contributed by atoms with Gasteiger partial charge in [-0.15, -0.1) is 0 Å². The summed E-state index contributed by atoms with van der Waals surface area (Å²) >= 11 is 5.92. The zero-order valence-corrected chi connectivity index (χ0v) is 17.7. The van der Waals surface area contributed by atoms with Crippen LogP contribution in [0, 0.1) is 37.7 Å². The van der Waals surface area contributed by atoms with Gasteiger partial charge in [-0.05, 0) is 56.1 Å². The maximum atomic E-state index is 13.4. The molecule has 0 spiro atoms. The van der Waals surface area contributed by atoms with E-state index in [0.29, 0.717) is 10.5 Å². The zero-order valence-electron chi connectivity index (χ0n) is 14.5. The van der Waals surface area contributed by atoms with Crippen molar-refractivity contribution >= 4 is 43.2 Å². The third kappa shape index (κ3) is 6.26. The Hall–Kier alpha value is -2.99. The summed E-state index contributed by atoms with van der Waals surface area (Å²) in [4.78, 5) is 19.5. The van der Waals surface area contributed by atoms with Gasteiger partial charge in [0.2, 0.25) is 0 Å². The van der Waals surface area contributed by atoms with Gasteiger partial charge in [0.05, 0.1) is 18.8 Å². The molecule has 0 amide bonds. The minimum atomic E-state index is -0.856. The van der Waals surface area contributed by atoms with Crippen LogP contribution in [0.25, 0.3) is 0 Å². The summed E-state index contributed by atoms with van der Waals surface area (Å²) in [6.45, 7) is 0. The second kappa shape index (κ2) is 10.2. The first kappa shape index (κ1) is 23.3. The lowest BCUT2D eigenvalue weighted by molar-refractivity contribution is -0.385. The van der Waals surface area contributed by atoms with Crippen molar-refractivity contribution < 1.29 is 27.8 Å². The monoisotopic (exact) mass is 548 g/mol. The summed E-state index contributed by atoms with van der Waals surface area (Å²) in [5, 5.41) is 20.7. The molecule has 0 aliphatic carbocycles. The van der Waals surface area contributed by atoms with E-state index in [1.54, 1.807) is 0 Å². The Labute approximate surface area is 183 Å². The molecular weight excluding hydrogens is 541 g/mol. The average molecular weight is 550 g/mol. The molecule has 0 fully saturated rings. The molecule has 3 rings (SSSR count). The van der Waals surface area contributed by atoms with E-state index in [9.17, 15) is 33.4 Å². The summed E-state index contributed by atoms with van der Waals surface area (Å²) in [5.74, 6) is -2.06. The third-order valence-electron chi connectivity index (χ3n) is 3.35. The quantitative estimate of drug-likeness (QED) is 0.260. The summed E-state index contributed by atoms with van der Waals surface area (Å²) in [6, 6.07) is 9.94. The van der Waals surface area contributed by atoms with Crippen LogP contribution in [-0.4, -0.2) is 9.85 Å². The lowest BCUT2D eigenvalue weighted by Gasteiger charge is -2.08. The number of nitro groups is 2. The molecule has 0 saturated carbocycles. The van der Waals surface area contributed by atoms with Crippen LogP contribution in [0.15, 0.2) is 63.5 Å². The number of rotatable bonds is 4. The van der Waals surface area contributed by atoms with Gasteiger partial charge in [0.15, 0.2) is 11.6 Å². The number of benzene rings is 3. The standard InChI is InChI=1S/C12H6BrF2NO3.C6H3BrFNO2/c13-9-6-8(16(17)18)2-4-11(9)19-12-3-1-7(14)5-10(12)15;7-5-3-4(9(10)11)1-2-6(5)8/h1-6H;1-3H. The second-order valence-electron chi connectivity index (χ2n) is 5.40. The van der Waals surface area contributed by atoms with E-state index in [1.807, 2.05) is 0 Å². The smallest absolute Gasteiger partial charge is 0.270 e. The molecule has 0 saturated heterocycles. The number of nitrogens with zero attached hydrogens (tertiary/aromatic N) is 2. The number of nitro benzene ring substituents is 2. The first-order chi connectivity index (χ1) is 14.1. The van der Waals surface area contributed by atoms with Gasteiger partial charge in [0, 0.05) is 30.3 Å². The molecular formula is C18H9Br2F3N2O5. The van der Waals surface area contributed by atoms with Gasteiger partial charge in [-0.2, -0.15) is 0 Å². The molecule has 0 bridgehead atoms. The Balaban J connectivity index is 0.000000248. The van der Waals surface area contributed by atoms with Crippen molar-refractivity contribution in [2.24, 2.45) is 0 Å². The molecule has 7 nitrogen and oxygen atoms in total. The summed E-state index contributed by atoms with van der Waals surface area (Å²) in [7, 11) is 0. The fraction of sp³-hybridized carbons (Fsp3) is 0. The van der Waals surface area contributed by atoms with Crippen molar-refractivity contribution in [1.29, 1.82) is 0 Å². The topological polar surface area (TPSA) is 95.5 Å². The van der Waals surface area contributed by atoms with Crippen molar-refractivity contribution in [3.8, 4) is 11.5 Å². The molecule has 0 aliphatic heterocycles. The number of ether oxygens (including phenoxy) is 1. The van der Waals surface area contributed by atoms with Gasteiger partial charge in [-0.3, -0.25) is 20.2 Å². The largest absolute Gasteiger partial charge is 0.453 e. The molecule has 3 aromatic rings. The lowest BCUT2D eigenvalue weighted by atomic mass is 10.3. The number of non-ortho nitro benzene ring substituents is 2.